The standard InChI is InChI=1S/C21H19N5O2S/c1-22-15-8-6-13(7-9-15)19-24-17(14-4-3-5-16(12-14)28-2)18(25-19)20(27)26-21-23-10-11-29-21/h3-12,22H,1-2H3,(H,24,25)(H,23,26,27). The van der Waals surface area contributed by atoms with Crippen LogP contribution in [0.1, 0.15) is 10.5 Å². The highest BCUT2D eigenvalue weighted by molar-refractivity contribution is 7.13. The number of aromatic amines is 1. The average Bonchev–Trinajstić information content (AvgIpc) is 3.44. The molecule has 0 unspecified atom stereocenters. The Hall–Kier alpha value is -3.65. The summed E-state index contributed by atoms with van der Waals surface area (Å²) < 4.78 is 5.33. The smallest absolute Gasteiger partial charge is 0.276 e. The second kappa shape index (κ2) is 8.15. The van der Waals surface area contributed by atoms with Gasteiger partial charge in [0.05, 0.1) is 7.11 Å². The number of nitrogens with one attached hydrogen (secondary N) is 3. The number of hydrogen-bond donors (Lipinski definition) is 3. The number of ether oxygens (including phenoxy) is 1. The molecule has 8 heteroatoms. The van der Waals surface area contributed by atoms with Gasteiger partial charge in [-0.05, 0) is 36.4 Å². The van der Waals surface area contributed by atoms with E-state index >= 15 is 0 Å². The number of thiazole rings is 1. The fourth-order valence-electron chi connectivity index (χ4n) is 2.89. The van der Waals surface area contributed by atoms with Gasteiger partial charge in [0.25, 0.3) is 5.91 Å². The van der Waals surface area contributed by atoms with Crippen LogP contribution < -0.4 is 15.4 Å². The van der Waals surface area contributed by atoms with E-state index in [9.17, 15) is 4.79 Å². The zero-order valence-electron chi connectivity index (χ0n) is 15.9. The molecule has 0 atom stereocenters. The first kappa shape index (κ1) is 18.7. The van der Waals surface area contributed by atoms with Gasteiger partial charge < -0.3 is 15.0 Å². The SMILES string of the molecule is CNc1ccc(-c2nc(-c3cccc(OC)c3)c(C(=O)Nc3nccs3)[nH]2)cc1. The molecule has 2 aromatic heterocycles. The van der Waals surface area contributed by atoms with Crippen LogP contribution in [0.3, 0.4) is 0 Å². The molecule has 0 radical (unpaired) electrons. The van der Waals surface area contributed by atoms with E-state index in [0.29, 0.717) is 28.1 Å². The lowest BCUT2D eigenvalue weighted by atomic mass is 10.1. The van der Waals surface area contributed by atoms with Crippen LogP contribution in [0.2, 0.25) is 0 Å². The number of imidazole rings is 1. The van der Waals surface area contributed by atoms with Gasteiger partial charge in [-0.1, -0.05) is 12.1 Å². The van der Waals surface area contributed by atoms with Crippen molar-refractivity contribution in [3.63, 3.8) is 0 Å². The Morgan fingerprint density at radius 1 is 1.14 bits per heavy atom. The molecule has 4 rings (SSSR count). The third kappa shape index (κ3) is 3.97. The van der Waals surface area contributed by atoms with Crippen molar-refractivity contribution in [3.05, 3.63) is 65.8 Å². The lowest BCUT2D eigenvalue weighted by Crippen LogP contribution is -2.13. The molecule has 0 aliphatic rings. The molecule has 0 bridgehead atoms. The predicted molar refractivity (Wildman–Crippen MR) is 116 cm³/mol. The predicted octanol–water partition coefficient (Wildman–Crippen LogP) is 4.50. The molecule has 146 valence electrons. The van der Waals surface area contributed by atoms with Crippen LogP contribution in [0.15, 0.2) is 60.1 Å². The van der Waals surface area contributed by atoms with E-state index in [1.54, 1.807) is 18.7 Å². The summed E-state index contributed by atoms with van der Waals surface area (Å²) in [5.74, 6) is 0.995. The maximum absolute atomic E-state index is 12.9. The largest absolute Gasteiger partial charge is 0.497 e. The molecule has 0 spiro atoms. The monoisotopic (exact) mass is 405 g/mol. The number of hydrogen-bond acceptors (Lipinski definition) is 6. The summed E-state index contributed by atoms with van der Waals surface area (Å²) in [6.07, 6.45) is 1.64. The number of methoxy groups -OCH3 is 1. The molecule has 0 fully saturated rings. The first-order chi connectivity index (χ1) is 14.2. The van der Waals surface area contributed by atoms with Crippen molar-refractivity contribution in [2.45, 2.75) is 0 Å². The number of benzene rings is 2. The van der Waals surface area contributed by atoms with Crippen molar-refractivity contribution in [2.24, 2.45) is 0 Å². The maximum Gasteiger partial charge on any atom is 0.276 e. The Morgan fingerprint density at radius 3 is 2.66 bits per heavy atom. The average molecular weight is 405 g/mol. The molecule has 4 aromatic rings. The third-order valence-electron chi connectivity index (χ3n) is 4.37. The molecule has 29 heavy (non-hydrogen) atoms. The second-order valence-electron chi connectivity index (χ2n) is 6.16. The summed E-state index contributed by atoms with van der Waals surface area (Å²) in [6, 6.07) is 15.3. The van der Waals surface area contributed by atoms with E-state index in [-0.39, 0.29) is 5.91 Å². The minimum Gasteiger partial charge on any atom is -0.497 e. The van der Waals surface area contributed by atoms with Gasteiger partial charge in [0, 0.05) is 35.4 Å². The molecular formula is C21H19N5O2S. The van der Waals surface area contributed by atoms with Crippen molar-refractivity contribution in [3.8, 4) is 28.4 Å². The quantitative estimate of drug-likeness (QED) is 0.439. The van der Waals surface area contributed by atoms with Gasteiger partial charge in [0.1, 0.15) is 23.0 Å². The second-order valence-corrected chi connectivity index (χ2v) is 7.05. The van der Waals surface area contributed by atoms with Gasteiger partial charge in [0.15, 0.2) is 5.13 Å². The number of H-pyrrole nitrogens is 1. The fourth-order valence-corrected chi connectivity index (χ4v) is 3.42. The van der Waals surface area contributed by atoms with Crippen LogP contribution in [-0.2, 0) is 0 Å². The van der Waals surface area contributed by atoms with Crippen LogP contribution in [-0.4, -0.2) is 35.0 Å². The molecule has 0 saturated carbocycles. The number of amides is 1. The van der Waals surface area contributed by atoms with Crippen LogP contribution >= 0.6 is 11.3 Å². The summed E-state index contributed by atoms with van der Waals surface area (Å²) in [5, 5.41) is 8.24. The Bertz CT molecular complexity index is 1120. The molecule has 2 aromatic carbocycles. The van der Waals surface area contributed by atoms with Crippen LogP contribution in [0.4, 0.5) is 10.8 Å². The van der Waals surface area contributed by atoms with Gasteiger partial charge in [-0.3, -0.25) is 10.1 Å². The van der Waals surface area contributed by atoms with Gasteiger partial charge in [0.2, 0.25) is 0 Å². The van der Waals surface area contributed by atoms with Crippen molar-refractivity contribution in [1.82, 2.24) is 15.0 Å². The van der Waals surface area contributed by atoms with Gasteiger partial charge in [-0.2, -0.15) is 0 Å². The third-order valence-corrected chi connectivity index (χ3v) is 5.06. The molecule has 3 N–H and O–H groups in total. The van der Waals surface area contributed by atoms with E-state index < -0.39 is 0 Å². The van der Waals surface area contributed by atoms with Crippen LogP contribution in [0.25, 0.3) is 22.6 Å². The van der Waals surface area contributed by atoms with Crippen molar-refractivity contribution in [2.75, 3.05) is 24.8 Å². The normalized spacial score (nSPS) is 10.6. The van der Waals surface area contributed by atoms with Crippen LogP contribution in [0.5, 0.6) is 5.75 Å². The number of anilines is 2. The van der Waals surface area contributed by atoms with Crippen molar-refractivity contribution >= 4 is 28.1 Å². The Kier molecular flexibility index (Phi) is 5.26. The van der Waals surface area contributed by atoms with Gasteiger partial charge >= 0.3 is 0 Å². The summed E-state index contributed by atoms with van der Waals surface area (Å²) in [6.45, 7) is 0. The number of aromatic nitrogens is 3. The summed E-state index contributed by atoms with van der Waals surface area (Å²) >= 11 is 1.36. The van der Waals surface area contributed by atoms with Crippen LogP contribution in [0, 0.1) is 0 Å². The summed E-state index contributed by atoms with van der Waals surface area (Å²) in [4.78, 5) is 25.0. The highest BCUT2D eigenvalue weighted by Crippen LogP contribution is 2.29. The summed E-state index contributed by atoms with van der Waals surface area (Å²) in [7, 11) is 3.47. The number of carbonyl (C=O) groups is 1. The summed E-state index contributed by atoms with van der Waals surface area (Å²) in [5.41, 5.74) is 3.56. The molecule has 0 aliphatic heterocycles. The Labute approximate surface area is 171 Å². The molecular weight excluding hydrogens is 386 g/mol. The van der Waals surface area contributed by atoms with E-state index in [1.165, 1.54) is 11.3 Å². The molecule has 2 heterocycles. The van der Waals surface area contributed by atoms with Crippen molar-refractivity contribution < 1.29 is 9.53 Å². The molecule has 7 nitrogen and oxygen atoms in total. The highest BCUT2D eigenvalue weighted by atomic mass is 32.1. The van der Waals surface area contributed by atoms with E-state index in [1.807, 2.05) is 55.6 Å². The zero-order valence-corrected chi connectivity index (χ0v) is 16.7. The minimum absolute atomic E-state index is 0.302. The zero-order chi connectivity index (χ0) is 20.2. The number of nitrogens with zero attached hydrogens (tertiary/aromatic N) is 2. The van der Waals surface area contributed by atoms with Gasteiger partial charge in [-0.25, -0.2) is 9.97 Å². The molecule has 0 aliphatic carbocycles. The Balaban J connectivity index is 1.77. The lowest BCUT2D eigenvalue weighted by molar-refractivity contribution is 0.102. The highest BCUT2D eigenvalue weighted by Gasteiger charge is 2.20. The minimum atomic E-state index is -0.302. The van der Waals surface area contributed by atoms with E-state index in [0.717, 1.165) is 16.8 Å². The Morgan fingerprint density at radius 2 is 1.97 bits per heavy atom. The fraction of sp³-hybridized carbons (Fsp3) is 0.0952. The maximum atomic E-state index is 12.9. The number of rotatable bonds is 6. The van der Waals surface area contributed by atoms with E-state index in [4.69, 9.17) is 9.72 Å². The topological polar surface area (TPSA) is 91.9 Å². The first-order valence-corrected chi connectivity index (χ1v) is 9.79. The first-order valence-electron chi connectivity index (χ1n) is 8.91. The lowest BCUT2D eigenvalue weighted by Gasteiger charge is -2.05. The van der Waals surface area contributed by atoms with E-state index in [2.05, 4.69) is 20.6 Å². The molecule has 1 amide bonds. The molecule has 0 saturated heterocycles. The van der Waals surface area contributed by atoms with Crippen molar-refractivity contribution in [1.29, 1.82) is 0 Å². The van der Waals surface area contributed by atoms with Gasteiger partial charge in [-0.15, -0.1) is 11.3 Å². The number of carbonyl (C=O) groups excluding carboxylic acids is 1.